The first-order valence-corrected chi connectivity index (χ1v) is 8.27. The number of aromatic carboxylic acids is 1. The molecule has 0 aliphatic carbocycles. The standard InChI is InChI=1S/C22H19NO3/c1-14-11-12-20(15(2)13-14)23-21(24)18-9-5-3-7-16(18)17-8-4-6-10-19(17)22(25)26/h3-13H,1-2H3,(H,23,24)(H,25,26). The Bertz CT molecular complexity index is 992. The molecule has 4 nitrogen and oxygen atoms in total. The average Bonchev–Trinajstić information content (AvgIpc) is 2.64. The van der Waals surface area contributed by atoms with Gasteiger partial charge in [-0.2, -0.15) is 0 Å². The molecule has 0 saturated carbocycles. The fourth-order valence-corrected chi connectivity index (χ4v) is 2.96. The largest absolute Gasteiger partial charge is 0.478 e. The van der Waals surface area contributed by atoms with E-state index in [1.165, 1.54) is 6.07 Å². The van der Waals surface area contributed by atoms with Crippen molar-refractivity contribution in [3.63, 3.8) is 0 Å². The number of amides is 1. The van der Waals surface area contributed by atoms with Crippen LogP contribution in [0.3, 0.4) is 0 Å². The summed E-state index contributed by atoms with van der Waals surface area (Å²) in [5, 5.41) is 12.4. The van der Waals surface area contributed by atoms with E-state index in [1.807, 2.05) is 32.0 Å². The minimum Gasteiger partial charge on any atom is -0.478 e. The quantitative estimate of drug-likeness (QED) is 0.705. The second-order valence-corrected chi connectivity index (χ2v) is 6.17. The van der Waals surface area contributed by atoms with Crippen LogP contribution in [0.15, 0.2) is 66.7 Å². The van der Waals surface area contributed by atoms with Crippen LogP contribution in [0.4, 0.5) is 5.69 Å². The van der Waals surface area contributed by atoms with E-state index < -0.39 is 5.97 Å². The van der Waals surface area contributed by atoms with Gasteiger partial charge in [0.1, 0.15) is 0 Å². The Labute approximate surface area is 152 Å². The van der Waals surface area contributed by atoms with Crippen LogP contribution in [0, 0.1) is 13.8 Å². The molecule has 0 aliphatic rings. The maximum absolute atomic E-state index is 12.9. The van der Waals surface area contributed by atoms with Crippen LogP contribution in [-0.2, 0) is 0 Å². The fourth-order valence-electron chi connectivity index (χ4n) is 2.96. The highest BCUT2D eigenvalue weighted by atomic mass is 16.4. The molecular formula is C22H19NO3. The van der Waals surface area contributed by atoms with Crippen LogP contribution in [0.25, 0.3) is 11.1 Å². The van der Waals surface area contributed by atoms with Crippen LogP contribution in [0.2, 0.25) is 0 Å². The molecule has 0 radical (unpaired) electrons. The Morgan fingerprint density at radius 3 is 2.00 bits per heavy atom. The molecule has 130 valence electrons. The van der Waals surface area contributed by atoms with Crippen LogP contribution < -0.4 is 5.32 Å². The summed E-state index contributed by atoms with van der Waals surface area (Å²) in [6.45, 7) is 3.94. The Balaban J connectivity index is 2.02. The zero-order valence-corrected chi connectivity index (χ0v) is 14.6. The SMILES string of the molecule is Cc1ccc(NC(=O)c2ccccc2-c2ccccc2C(=O)O)c(C)c1. The topological polar surface area (TPSA) is 66.4 Å². The number of rotatable bonds is 4. The lowest BCUT2D eigenvalue weighted by Crippen LogP contribution is -2.14. The molecule has 0 saturated heterocycles. The number of carboxylic acid groups (broad SMARTS) is 1. The highest BCUT2D eigenvalue weighted by molar-refractivity contribution is 6.10. The zero-order chi connectivity index (χ0) is 18.7. The van der Waals surface area contributed by atoms with Crippen molar-refractivity contribution in [3.8, 4) is 11.1 Å². The van der Waals surface area contributed by atoms with E-state index in [9.17, 15) is 14.7 Å². The summed E-state index contributed by atoms with van der Waals surface area (Å²) < 4.78 is 0. The lowest BCUT2D eigenvalue weighted by molar-refractivity contribution is 0.0697. The molecule has 3 aromatic carbocycles. The van der Waals surface area contributed by atoms with E-state index in [2.05, 4.69) is 5.32 Å². The molecule has 26 heavy (non-hydrogen) atoms. The molecule has 3 aromatic rings. The summed E-state index contributed by atoms with van der Waals surface area (Å²) in [5.41, 5.74) is 4.54. The van der Waals surface area contributed by atoms with Gasteiger partial charge in [0.2, 0.25) is 0 Å². The molecule has 1 amide bonds. The van der Waals surface area contributed by atoms with Crippen LogP contribution in [0.5, 0.6) is 0 Å². The van der Waals surface area contributed by atoms with Crippen molar-refractivity contribution in [1.29, 1.82) is 0 Å². The van der Waals surface area contributed by atoms with Gasteiger partial charge in [-0.15, -0.1) is 0 Å². The van der Waals surface area contributed by atoms with Gasteiger partial charge >= 0.3 is 5.97 Å². The highest BCUT2D eigenvalue weighted by Crippen LogP contribution is 2.28. The first-order chi connectivity index (χ1) is 12.5. The fraction of sp³-hybridized carbons (Fsp3) is 0.0909. The summed E-state index contributed by atoms with van der Waals surface area (Å²) in [7, 11) is 0. The minimum atomic E-state index is -1.02. The van der Waals surface area contributed by atoms with Crippen LogP contribution in [0.1, 0.15) is 31.8 Å². The first kappa shape index (κ1) is 17.4. The van der Waals surface area contributed by atoms with Crippen molar-refractivity contribution in [2.75, 3.05) is 5.32 Å². The maximum atomic E-state index is 12.9. The van der Waals surface area contributed by atoms with E-state index >= 15 is 0 Å². The number of benzene rings is 3. The number of carbonyl (C=O) groups excluding carboxylic acids is 1. The van der Waals surface area contributed by atoms with Crippen molar-refractivity contribution < 1.29 is 14.7 Å². The van der Waals surface area contributed by atoms with E-state index in [0.29, 0.717) is 16.7 Å². The van der Waals surface area contributed by atoms with Gasteiger partial charge in [0.05, 0.1) is 5.56 Å². The van der Waals surface area contributed by atoms with Gasteiger partial charge in [0, 0.05) is 11.3 Å². The molecule has 0 aliphatic heterocycles. The summed E-state index contributed by atoms with van der Waals surface area (Å²) in [5.74, 6) is -1.29. The number of nitrogens with one attached hydrogen (secondary N) is 1. The highest BCUT2D eigenvalue weighted by Gasteiger charge is 2.17. The third-order valence-electron chi connectivity index (χ3n) is 4.25. The maximum Gasteiger partial charge on any atom is 0.336 e. The molecular weight excluding hydrogens is 326 g/mol. The van der Waals surface area contributed by atoms with Crippen LogP contribution in [-0.4, -0.2) is 17.0 Å². The summed E-state index contributed by atoms with van der Waals surface area (Å²) >= 11 is 0. The number of anilines is 1. The van der Waals surface area contributed by atoms with Gasteiger partial charge in [-0.3, -0.25) is 4.79 Å². The second kappa shape index (κ2) is 7.23. The third kappa shape index (κ3) is 3.49. The van der Waals surface area contributed by atoms with Crippen molar-refractivity contribution in [2.45, 2.75) is 13.8 Å². The van der Waals surface area contributed by atoms with E-state index in [1.54, 1.807) is 42.5 Å². The molecule has 0 unspecified atom stereocenters. The predicted molar refractivity (Wildman–Crippen MR) is 103 cm³/mol. The van der Waals surface area contributed by atoms with Gasteiger partial charge in [-0.05, 0) is 48.7 Å². The molecule has 0 bridgehead atoms. The Morgan fingerprint density at radius 1 is 0.808 bits per heavy atom. The molecule has 3 rings (SSSR count). The third-order valence-corrected chi connectivity index (χ3v) is 4.25. The van der Waals surface area contributed by atoms with E-state index in [0.717, 1.165) is 16.8 Å². The lowest BCUT2D eigenvalue weighted by Gasteiger charge is -2.13. The van der Waals surface area contributed by atoms with Gasteiger partial charge in [-0.1, -0.05) is 54.1 Å². The number of hydrogen-bond acceptors (Lipinski definition) is 2. The molecule has 0 fully saturated rings. The van der Waals surface area contributed by atoms with Crippen molar-refractivity contribution >= 4 is 17.6 Å². The first-order valence-electron chi connectivity index (χ1n) is 8.27. The predicted octanol–water partition coefficient (Wildman–Crippen LogP) is 4.92. The molecule has 4 heteroatoms. The van der Waals surface area contributed by atoms with E-state index in [4.69, 9.17) is 0 Å². The number of hydrogen-bond donors (Lipinski definition) is 2. The average molecular weight is 345 g/mol. The number of carboxylic acids is 1. The Hall–Kier alpha value is -3.40. The monoisotopic (exact) mass is 345 g/mol. The Morgan fingerprint density at radius 2 is 1.38 bits per heavy atom. The van der Waals surface area contributed by atoms with Gasteiger partial charge in [0.25, 0.3) is 5.91 Å². The minimum absolute atomic E-state index is 0.166. The van der Waals surface area contributed by atoms with Crippen LogP contribution >= 0.6 is 0 Å². The molecule has 0 aromatic heterocycles. The summed E-state index contributed by atoms with van der Waals surface area (Å²) in [4.78, 5) is 24.4. The molecule has 0 heterocycles. The van der Waals surface area contributed by atoms with Gasteiger partial charge in [-0.25, -0.2) is 4.79 Å². The zero-order valence-electron chi connectivity index (χ0n) is 14.6. The normalized spacial score (nSPS) is 10.4. The van der Waals surface area contributed by atoms with Crippen molar-refractivity contribution in [2.24, 2.45) is 0 Å². The van der Waals surface area contributed by atoms with Crippen molar-refractivity contribution in [1.82, 2.24) is 0 Å². The second-order valence-electron chi connectivity index (χ2n) is 6.17. The lowest BCUT2D eigenvalue weighted by atomic mass is 9.95. The molecule has 2 N–H and O–H groups in total. The summed E-state index contributed by atoms with van der Waals surface area (Å²) in [6.07, 6.45) is 0. The molecule has 0 spiro atoms. The number of aryl methyl sites for hydroxylation is 2. The van der Waals surface area contributed by atoms with Gasteiger partial charge in [0.15, 0.2) is 0 Å². The van der Waals surface area contributed by atoms with Crippen molar-refractivity contribution in [3.05, 3.63) is 89.0 Å². The Kier molecular flexibility index (Phi) is 4.85. The smallest absolute Gasteiger partial charge is 0.336 e. The van der Waals surface area contributed by atoms with E-state index in [-0.39, 0.29) is 11.5 Å². The van der Waals surface area contributed by atoms with Gasteiger partial charge < -0.3 is 10.4 Å². The number of carbonyl (C=O) groups is 2. The summed E-state index contributed by atoms with van der Waals surface area (Å²) in [6, 6.07) is 19.5. The molecule has 0 atom stereocenters.